The van der Waals surface area contributed by atoms with E-state index in [1.165, 1.54) is 0 Å². The number of halogens is 1. The molecule has 1 fully saturated rings. The van der Waals surface area contributed by atoms with Crippen molar-refractivity contribution in [1.29, 1.82) is 0 Å². The Balaban J connectivity index is 2.09. The molecule has 82 valence electrons. The molecule has 2 rings (SSSR count). The summed E-state index contributed by atoms with van der Waals surface area (Å²) in [6.45, 7) is 3.40. The number of hydrogen-bond acceptors (Lipinski definition) is 3. The summed E-state index contributed by atoms with van der Waals surface area (Å²) < 4.78 is 0.727. The summed E-state index contributed by atoms with van der Waals surface area (Å²) in [4.78, 5) is 13.9. The molecule has 6 heteroatoms. The van der Waals surface area contributed by atoms with E-state index < -0.39 is 0 Å². The van der Waals surface area contributed by atoms with Gasteiger partial charge in [-0.15, -0.1) is 0 Å². The van der Waals surface area contributed by atoms with E-state index in [-0.39, 0.29) is 5.91 Å². The molecule has 1 aromatic heterocycles. The number of nitrogens with one attached hydrogen (secondary N) is 2. The molecule has 2 N–H and O–H groups in total. The van der Waals surface area contributed by atoms with Crippen LogP contribution in [0.15, 0.2) is 10.7 Å². The van der Waals surface area contributed by atoms with Gasteiger partial charge in [0.05, 0.1) is 10.7 Å². The van der Waals surface area contributed by atoms with Crippen molar-refractivity contribution in [2.75, 3.05) is 26.2 Å². The van der Waals surface area contributed by atoms with Crippen molar-refractivity contribution in [3.05, 3.63) is 16.4 Å². The summed E-state index contributed by atoms with van der Waals surface area (Å²) in [5, 5.41) is 9.80. The second-order valence-electron chi connectivity index (χ2n) is 3.49. The van der Waals surface area contributed by atoms with Crippen LogP contribution in [0.4, 0.5) is 0 Å². The Morgan fingerprint density at radius 2 is 2.33 bits per heavy atom. The highest BCUT2D eigenvalue weighted by Gasteiger charge is 2.20. The monoisotopic (exact) mass is 272 g/mol. The Labute approximate surface area is 96.4 Å². The third kappa shape index (κ3) is 2.38. The number of carbonyl (C=O) groups is 1. The average molecular weight is 273 g/mol. The lowest BCUT2D eigenvalue weighted by Crippen LogP contribution is -2.34. The quantitative estimate of drug-likeness (QED) is 0.788. The van der Waals surface area contributed by atoms with Gasteiger partial charge in [-0.2, -0.15) is 5.10 Å². The molecule has 1 aromatic rings. The lowest BCUT2D eigenvalue weighted by Gasteiger charge is -2.18. The molecule has 0 radical (unpaired) electrons. The molecular weight excluding hydrogens is 260 g/mol. The van der Waals surface area contributed by atoms with Gasteiger partial charge in [0, 0.05) is 19.6 Å². The molecule has 0 spiro atoms. The van der Waals surface area contributed by atoms with Crippen LogP contribution in [-0.4, -0.2) is 47.2 Å². The maximum Gasteiger partial charge on any atom is 0.273 e. The Hall–Kier alpha value is -0.880. The van der Waals surface area contributed by atoms with Gasteiger partial charge in [-0.05, 0) is 28.9 Å². The number of amides is 1. The Kier molecular flexibility index (Phi) is 3.37. The van der Waals surface area contributed by atoms with Gasteiger partial charge in [0.25, 0.3) is 5.91 Å². The molecular formula is C9H13BrN4O. The summed E-state index contributed by atoms with van der Waals surface area (Å²) in [7, 11) is 0. The number of aromatic nitrogens is 2. The second kappa shape index (κ2) is 4.76. The van der Waals surface area contributed by atoms with Crippen molar-refractivity contribution >= 4 is 21.8 Å². The molecule has 1 aliphatic heterocycles. The highest BCUT2D eigenvalue weighted by atomic mass is 79.9. The minimum Gasteiger partial charge on any atom is -0.336 e. The molecule has 5 nitrogen and oxygen atoms in total. The van der Waals surface area contributed by atoms with Gasteiger partial charge in [0.2, 0.25) is 0 Å². The fourth-order valence-electron chi connectivity index (χ4n) is 1.63. The number of hydrogen-bond donors (Lipinski definition) is 2. The predicted octanol–water partition coefficient (Wildman–Crippen LogP) is 0.608. The first kappa shape index (κ1) is 10.6. The standard InChI is InChI=1S/C9H13BrN4O/c10-7-6-12-13-8(7)9(15)14-4-1-2-11-3-5-14/h6,11H,1-5H2,(H,12,13). The van der Waals surface area contributed by atoms with E-state index in [0.29, 0.717) is 5.69 Å². The van der Waals surface area contributed by atoms with Gasteiger partial charge in [-0.25, -0.2) is 0 Å². The highest BCUT2D eigenvalue weighted by Crippen LogP contribution is 2.15. The lowest BCUT2D eigenvalue weighted by molar-refractivity contribution is 0.0759. The van der Waals surface area contributed by atoms with Gasteiger partial charge in [0.15, 0.2) is 0 Å². The Morgan fingerprint density at radius 1 is 1.47 bits per heavy atom. The molecule has 1 aliphatic rings. The van der Waals surface area contributed by atoms with Crippen LogP contribution in [0.2, 0.25) is 0 Å². The van der Waals surface area contributed by atoms with Gasteiger partial charge < -0.3 is 10.2 Å². The summed E-state index contributed by atoms with van der Waals surface area (Å²) >= 11 is 3.30. The highest BCUT2D eigenvalue weighted by molar-refractivity contribution is 9.10. The molecule has 0 bridgehead atoms. The van der Waals surface area contributed by atoms with Crippen molar-refractivity contribution in [3.8, 4) is 0 Å². The molecule has 0 saturated carbocycles. The molecule has 0 unspecified atom stereocenters. The zero-order valence-corrected chi connectivity index (χ0v) is 9.88. The van der Waals surface area contributed by atoms with Crippen LogP contribution in [0.5, 0.6) is 0 Å². The SMILES string of the molecule is O=C(c1[nH]ncc1Br)N1CCCNCC1. The van der Waals surface area contributed by atoms with Crippen molar-refractivity contribution in [2.45, 2.75) is 6.42 Å². The van der Waals surface area contributed by atoms with E-state index in [9.17, 15) is 4.79 Å². The smallest absolute Gasteiger partial charge is 0.273 e. The van der Waals surface area contributed by atoms with Gasteiger partial charge >= 0.3 is 0 Å². The topological polar surface area (TPSA) is 61.0 Å². The van der Waals surface area contributed by atoms with Crippen LogP contribution in [0, 0.1) is 0 Å². The Bertz CT molecular complexity index is 344. The van der Waals surface area contributed by atoms with E-state index in [0.717, 1.165) is 37.1 Å². The van der Waals surface area contributed by atoms with E-state index >= 15 is 0 Å². The van der Waals surface area contributed by atoms with Crippen LogP contribution in [0.25, 0.3) is 0 Å². The van der Waals surface area contributed by atoms with Crippen molar-refractivity contribution in [2.24, 2.45) is 0 Å². The molecule has 0 aliphatic carbocycles. The molecule has 0 atom stereocenters. The summed E-state index contributed by atoms with van der Waals surface area (Å²) in [6, 6.07) is 0. The minimum absolute atomic E-state index is 0.0167. The number of aromatic amines is 1. The van der Waals surface area contributed by atoms with E-state index in [4.69, 9.17) is 0 Å². The number of rotatable bonds is 1. The maximum atomic E-state index is 12.0. The molecule has 15 heavy (non-hydrogen) atoms. The minimum atomic E-state index is 0.0167. The summed E-state index contributed by atoms with van der Waals surface area (Å²) in [6.07, 6.45) is 2.60. The molecule has 0 aromatic carbocycles. The number of carbonyl (C=O) groups excluding carboxylic acids is 1. The zero-order valence-electron chi connectivity index (χ0n) is 8.29. The molecule has 1 saturated heterocycles. The third-order valence-electron chi connectivity index (χ3n) is 2.43. The van der Waals surface area contributed by atoms with E-state index in [1.54, 1.807) is 6.20 Å². The van der Waals surface area contributed by atoms with Gasteiger partial charge in [-0.3, -0.25) is 9.89 Å². The normalized spacial score (nSPS) is 17.5. The van der Waals surface area contributed by atoms with E-state index in [1.807, 2.05) is 4.90 Å². The summed E-state index contributed by atoms with van der Waals surface area (Å²) in [5.41, 5.74) is 0.539. The zero-order chi connectivity index (χ0) is 10.7. The lowest BCUT2D eigenvalue weighted by atomic mass is 10.3. The van der Waals surface area contributed by atoms with Crippen LogP contribution in [0.1, 0.15) is 16.9 Å². The maximum absolute atomic E-state index is 12.0. The largest absolute Gasteiger partial charge is 0.336 e. The van der Waals surface area contributed by atoms with Crippen LogP contribution < -0.4 is 5.32 Å². The van der Waals surface area contributed by atoms with Gasteiger partial charge in [-0.1, -0.05) is 0 Å². The average Bonchev–Trinajstić information content (AvgIpc) is 2.53. The number of H-pyrrole nitrogens is 1. The second-order valence-corrected chi connectivity index (χ2v) is 4.34. The number of nitrogens with zero attached hydrogens (tertiary/aromatic N) is 2. The molecule has 1 amide bonds. The molecule has 2 heterocycles. The predicted molar refractivity (Wildman–Crippen MR) is 59.7 cm³/mol. The first-order valence-corrected chi connectivity index (χ1v) is 5.77. The first-order valence-electron chi connectivity index (χ1n) is 4.98. The van der Waals surface area contributed by atoms with E-state index in [2.05, 4.69) is 31.4 Å². The van der Waals surface area contributed by atoms with Crippen LogP contribution in [-0.2, 0) is 0 Å². The fraction of sp³-hybridized carbons (Fsp3) is 0.556. The Morgan fingerprint density at radius 3 is 3.07 bits per heavy atom. The van der Waals surface area contributed by atoms with Crippen molar-refractivity contribution in [1.82, 2.24) is 20.4 Å². The van der Waals surface area contributed by atoms with Gasteiger partial charge in [0.1, 0.15) is 5.69 Å². The van der Waals surface area contributed by atoms with Crippen molar-refractivity contribution in [3.63, 3.8) is 0 Å². The van der Waals surface area contributed by atoms with Crippen molar-refractivity contribution < 1.29 is 4.79 Å². The first-order chi connectivity index (χ1) is 7.29. The third-order valence-corrected chi connectivity index (χ3v) is 3.04. The van der Waals surface area contributed by atoms with Crippen LogP contribution in [0.3, 0.4) is 0 Å². The van der Waals surface area contributed by atoms with Crippen LogP contribution >= 0.6 is 15.9 Å². The summed E-state index contributed by atoms with van der Waals surface area (Å²) in [5.74, 6) is 0.0167. The fourth-order valence-corrected chi connectivity index (χ4v) is 1.99.